The third-order valence-electron chi connectivity index (χ3n) is 5.64. The number of guanidine groups is 1. The number of benzene rings is 2. The van der Waals surface area contributed by atoms with Gasteiger partial charge in [0.1, 0.15) is 6.54 Å². The van der Waals surface area contributed by atoms with E-state index < -0.39 is 11.4 Å². The zero-order valence-electron chi connectivity index (χ0n) is 16.7. The van der Waals surface area contributed by atoms with Crippen molar-refractivity contribution >= 4 is 5.96 Å². The van der Waals surface area contributed by atoms with Crippen LogP contribution in [-0.4, -0.2) is 31.0 Å². The highest BCUT2D eigenvalue weighted by molar-refractivity contribution is 5.75. The molecule has 0 fully saturated rings. The van der Waals surface area contributed by atoms with Crippen LogP contribution in [0.4, 0.5) is 0 Å². The maximum atomic E-state index is 13.4. The lowest BCUT2D eigenvalue weighted by Gasteiger charge is -2.30. The molecule has 3 heterocycles. The largest absolute Gasteiger partial charge is 0.355 e. The molecule has 3 aromatic rings. The predicted molar refractivity (Wildman–Crippen MR) is 114 cm³/mol. The SMILES string of the molecule is CC1=C[C@]2(C[N+](Cc3ccccc3)=C(N)N2)n2c(=O)n(-c3ccccc3)c(=O)n2C1. The van der Waals surface area contributed by atoms with Crippen LogP contribution < -0.4 is 22.4 Å². The first-order valence-electron chi connectivity index (χ1n) is 9.87. The molecule has 8 heteroatoms. The van der Waals surface area contributed by atoms with Crippen molar-refractivity contribution in [3.8, 4) is 5.69 Å². The Morgan fingerprint density at radius 2 is 1.70 bits per heavy atom. The summed E-state index contributed by atoms with van der Waals surface area (Å²) in [7, 11) is 0. The van der Waals surface area contributed by atoms with Gasteiger partial charge in [0.2, 0.25) is 5.66 Å². The van der Waals surface area contributed by atoms with E-state index in [-0.39, 0.29) is 5.69 Å². The fourth-order valence-corrected chi connectivity index (χ4v) is 4.42. The Labute approximate surface area is 172 Å². The molecule has 0 radical (unpaired) electrons. The third kappa shape index (κ3) is 2.72. The van der Waals surface area contributed by atoms with Gasteiger partial charge in [-0.15, -0.1) is 0 Å². The molecule has 1 aromatic heterocycles. The molecule has 3 N–H and O–H groups in total. The first kappa shape index (κ1) is 18.2. The minimum absolute atomic E-state index is 0.357. The van der Waals surface area contributed by atoms with Gasteiger partial charge in [-0.25, -0.2) is 24.2 Å². The van der Waals surface area contributed by atoms with E-state index in [9.17, 15) is 9.59 Å². The normalized spacial score (nSPS) is 20.2. The molecule has 0 amide bonds. The van der Waals surface area contributed by atoms with Crippen molar-refractivity contribution < 1.29 is 4.58 Å². The van der Waals surface area contributed by atoms with Crippen LogP contribution in [0.15, 0.2) is 81.9 Å². The first-order valence-corrected chi connectivity index (χ1v) is 9.87. The molecule has 152 valence electrons. The number of allylic oxidation sites excluding steroid dienone is 1. The number of hydrogen-bond acceptors (Lipinski definition) is 4. The van der Waals surface area contributed by atoms with Crippen LogP contribution >= 0.6 is 0 Å². The first-order chi connectivity index (χ1) is 14.5. The second kappa shape index (κ2) is 6.62. The second-order valence-corrected chi connectivity index (χ2v) is 7.87. The van der Waals surface area contributed by atoms with E-state index in [1.165, 1.54) is 13.9 Å². The number of rotatable bonds is 3. The second-order valence-electron chi connectivity index (χ2n) is 7.87. The van der Waals surface area contributed by atoms with Crippen LogP contribution in [0.25, 0.3) is 5.69 Å². The average Bonchev–Trinajstić information content (AvgIpc) is 3.16. The molecule has 2 aliphatic rings. The van der Waals surface area contributed by atoms with E-state index in [0.29, 0.717) is 31.3 Å². The monoisotopic (exact) mass is 403 g/mol. The summed E-state index contributed by atoms with van der Waals surface area (Å²) in [6, 6.07) is 19.0. The minimum atomic E-state index is -0.919. The van der Waals surface area contributed by atoms with Crippen molar-refractivity contribution in [3.63, 3.8) is 0 Å². The van der Waals surface area contributed by atoms with Crippen LogP contribution in [-0.2, 0) is 18.8 Å². The third-order valence-corrected chi connectivity index (χ3v) is 5.64. The Morgan fingerprint density at radius 3 is 2.40 bits per heavy atom. The number of nitrogens with one attached hydrogen (secondary N) is 1. The molecule has 0 bridgehead atoms. The maximum Gasteiger partial charge on any atom is 0.355 e. The van der Waals surface area contributed by atoms with Gasteiger partial charge in [0.15, 0.2) is 0 Å². The summed E-state index contributed by atoms with van der Waals surface area (Å²) in [6.07, 6.45) is 2.00. The number of hydrogen-bond donors (Lipinski definition) is 2. The summed E-state index contributed by atoms with van der Waals surface area (Å²) in [4.78, 5) is 26.6. The van der Waals surface area contributed by atoms with Crippen molar-refractivity contribution in [1.82, 2.24) is 19.2 Å². The zero-order chi connectivity index (χ0) is 20.9. The highest BCUT2D eigenvalue weighted by Gasteiger charge is 2.48. The molecule has 30 heavy (non-hydrogen) atoms. The molecule has 0 aliphatic carbocycles. The quantitative estimate of drug-likeness (QED) is 0.494. The van der Waals surface area contributed by atoms with Crippen molar-refractivity contribution in [2.75, 3.05) is 6.54 Å². The van der Waals surface area contributed by atoms with E-state index in [1.54, 1.807) is 12.1 Å². The lowest BCUT2D eigenvalue weighted by atomic mass is 10.1. The van der Waals surface area contributed by atoms with Crippen LogP contribution in [0.1, 0.15) is 12.5 Å². The summed E-state index contributed by atoms with van der Waals surface area (Å²) in [5.74, 6) is 0.475. The van der Waals surface area contributed by atoms with Crippen molar-refractivity contribution in [2.24, 2.45) is 5.73 Å². The fraction of sp³-hybridized carbons (Fsp3) is 0.227. The van der Waals surface area contributed by atoms with Gasteiger partial charge in [0.25, 0.3) is 0 Å². The number of aromatic nitrogens is 3. The van der Waals surface area contributed by atoms with Gasteiger partial charge in [-0.1, -0.05) is 48.5 Å². The number of nitrogens with two attached hydrogens (primary N) is 1. The van der Waals surface area contributed by atoms with E-state index in [4.69, 9.17) is 5.73 Å². The van der Waals surface area contributed by atoms with Gasteiger partial charge < -0.3 is 0 Å². The maximum absolute atomic E-state index is 13.4. The number of fused-ring (bicyclic) bond motifs is 2. The molecular weight excluding hydrogens is 380 g/mol. The Kier molecular flexibility index (Phi) is 4.02. The summed E-state index contributed by atoms with van der Waals surface area (Å²) >= 11 is 0. The predicted octanol–water partition coefficient (Wildman–Crippen LogP) is 0.544. The molecule has 1 atom stereocenters. The standard InChI is InChI=1S/C22H22N6O2/c1-16-12-22(15-25(19(23)24-22)14-17-8-4-2-5-9-17)28-21(30)27(20(29)26(28)13-16)18-10-6-3-7-11-18/h2-12H,13-15H2,1H3,(H2,23,24)/p+1/t22-/m1/s1. The molecule has 2 aromatic carbocycles. The van der Waals surface area contributed by atoms with Gasteiger partial charge >= 0.3 is 17.3 Å². The van der Waals surface area contributed by atoms with Gasteiger partial charge in [0, 0.05) is 0 Å². The molecule has 1 spiro atoms. The van der Waals surface area contributed by atoms with Gasteiger partial charge in [-0.2, -0.15) is 4.68 Å². The topological polar surface area (TPSA) is 90.0 Å². The smallest absolute Gasteiger partial charge is 0.291 e. The fourth-order valence-electron chi connectivity index (χ4n) is 4.42. The van der Waals surface area contributed by atoms with E-state index >= 15 is 0 Å². The highest BCUT2D eigenvalue weighted by Crippen LogP contribution is 2.25. The lowest BCUT2D eigenvalue weighted by Crippen LogP contribution is -2.57. The molecule has 0 unspecified atom stereocenters. The molecule has 5 rings (SSSR count). The zero-order valence-corrected chi connectivity index (χ0v) is 16.7. The van der Waals surface area contributed by atoms with Gasteiger partial charge in [-0.3, -0.25) is 10.3 Å². The summed E-state index contributed by atoms with van der Waals surface area (Å²) in [6.45, 7) is 3.35. The molecular formula is C22H23N6O2+. The Bertz CT molecular complexity index is 1300. The van der Waals surface area contributed by atoms with Crippen molar-refractivity contribution in [2.45, 2.75) is 25.7 Å². The van der Waals surface area contributed by atoms with Crippen LogP contribution in [0.2, 0.25) is 0 Å². The van der Waals surface area contributed by atoms with Gasteiger partial charge in [0.05, 0.1) is 18.8 Å². The van der Waals surface area contributed by atoms with Crippen LogP contribution in [0, 0.1) is 0 Å². The average molecular weight is 403 g/mol. The summed E-state index contributed by atoms with van der Waals surface area (Å²) in [5.41, 5.74) is 7.31. The number of para-hydroxylation sites is 1. The number of nitrogens with zero attached hydrogens (tertiary/aromatic N) is 4. The van der Waals surface area contributed by atoms with Crippen LogP contribution in [0.3, 0.4) is 0 Å². The summed E-state index contributed by atoms with van der Waals surface area (Å²) in [5, 5.41) is 3.29. The Hall–Kier alpha value is -3.81. The minimum Gasteiger partial charge on any atom is -0.291 e. The van der Waals surface area contributed by atoms with Gasteiger partial charge in [-0.05, 0) is 36.3 Å². The molecule has 0 saturated carbocycles. The van der Waals surface area contributed by atoms with Crippen molar-refractivity contribution in [1.29, 1.82) is 0 Å². The molecule has 8 nitrogen and oxygen atoms in total. The molecule has 0 saturated heterocycles. The highest BCUT2D eigenvalue weighted by atomic mass is 16.2. The van der Waals surface area contributed by atoms with Crippen LogP contribution in [0.5, 0.6) is 0 Å². The van der Waals surface area contributed by atoms with Crippen molar-refractivity contribution in [3.05, 3.63) is 98.8 Å². The van der Waals surface area contributed by atoms with E-state index in [2.05, 4.69) is 5.32 Å². The summed E-state index contributed by atoms with van der Waals surface area (Å²) < 4.78 is 6.21. The Morgan fingerprint density at radius 1 is 1.03 bits per heavy atom. The van der Waals surface area contributed by atoms with E-state index in [0.717, 1.165) is 11.1 Å². The van der Waals surface area contributed by atoms with E-state index in [1.807, 2.05) is 66.1 Å². The molecule has 2 aliphatic heterocycles. The Balaban J connectivity index is 1.61. The lowest BCUT2D eigenvalue weighted by molar-refractivity contribution is -0.544.